The number of ether oxygens (including phenoxy) is 1. The van der Waals surface area contributed by atoms with Crippen LogP contribution in [0.1, 0.15) is 27.2 Å². The molecule has 19 heavy (non-hydrogen) atoms. The predicted octanol–water partition coefficient (Wildman–Crippen LogP) is 0.661. The highest BCUT2D eigenvalue weighted by molar-refractivity contribution is 5.77. The molecule has 0 aliphatic carbocycles. The summed E-state index contributed by atoms with van der Waals surface area (Å²) in [6.07, 6.45) is 0.615. The number of carbonyl (C=O) groups excluding carboxylic acids is 2. The van der Waals surface area contributed by atoms with Crippen LogP contribution in [0.5, 0.6) is 0 Å². The van der Waals surface area contributed by atoms with E-state index in [-0.39, 0.29) is 18.5 Å². The van der Waals surface area contributed by atoms with Gasteiger partial charge in [-0.05, 0) is 33.1 Å². The lowest BCUT2D eigenvalue weighted by Gasteiger charge is -2.25. The average molecular weight is 271 g/mol. The van der Waals surface area contributed by atoms with Gasteiger partial charge in [0.05, 0.1) is 6.54 Å². The van der Waals surface area contributed by atoms with Gasteiger partial charge in [-0.15, -0.1) is 0 Å². The van der Waals surface area contributed by atoms with Gasteiger partial charge in [0.2, 0.25) is 5.91 Å². The van der Waals surface area contributed by atoms with E-state index in [2.05, 4.69) is 0 Å². The molecule has 1 aliphatic heterocycles. The molecule has 1 saturated heterocycles. The SMILES string of the molecule is CN(C[C@H]1CCN(C(=O)OC(C)(C)C)C1)C(=O)CN. The van der Waals surface area contributed by atoms with Gasteiger partial charge in [0.15, 0.2) is 0 Å². The summed E-state index contributed by atoms with van der Waals surface area (Å²) in [7, 11) is 1.74. The second kappa shape index (κ2) is 6.23. The number of amides is 2. The summed E-state index contributed by atoms with van der Waals surface area (Å²) < 4.78 is 5.33. The first-order valence-electron chi connectivity index (χ1n) is 6.65. The zero-order chi connectivity index (χ0) is 14.6. The molecular formula is C13H25N3O3. The van der Waals surface area contributed by atoms with Gasteiger partial charge >= 0.3 is 6.09 Å². The largest absolute Gasteiger partial charge is 0.444 e. The first-order valence-corrected chi connectivity index (χ1v) is 6.65. The van der Waals surface area contributed by atoms with Gasteiger partial charge in [0.1, 0.15) is 5.60 Å². The second-order valence-corrected chi connectivity index (χ2v) is 6.06. The number of nitrogens with zero attached hydrogens (tertiary/aromatic N) is 2. The Morgan fingerprint density at radius 1 is 1.42 bits per heavy atom. The van der Waals surface area contributed by atoms with Crippen molar-refractivity contribution in [2.75, 3.05) is 33.2 Å². The van der Waals surface area contributed by atoms with Crippen LogP contribution in [0.2, 0.25) is 0 Å². The summed E-state index contributed by atoms with van der Waals surface area (Å²) in [5, 5.41) is 0. The standard InChI is InChI=1S/C13H25N3O3/c1-13(2,3)19-12(18)16-6-5-10(9-16)8-15(4)11(17)7-14/h10H,5-9,14H2,1-4H3/t10-/m1/s1. The van der Waals surface area contributed by atoms with Crippen molar-refractivity contribution in [2.24, 2.45) is 11.7 Å². The Balaban J connectivity index is 2.41. The van der Waals surface area contributed by atoms with Gasteiger partial charge in [-0.1, -0.05) is 0 Å². The molecule has 6 nitrogen and oxygen atoms in total. The van der Waals surface area contributed by atoms with E-state index in [1.165, 1.54) is 0 Å². The Morgan fingerprint density at radius 2 is 2.05 bits per heavy atom. The maximum absolute atomic E-state index is 11.9. The quantitative estimate of drug-likeness (QED) is 0.818. The summed E-state index contributed by atoms with van der Waals surface area (Å²) >= 11 is 0. The van der Waals surface area contributed by atoms with Gasteiger partial charge in [-0.2, -0.15) is 0 Å². The van der Waals surface area contributed by atoms with Crippen LogP contribution in [0.25, 0.3) is 0 Å². The minimum Gasteiger partial charge on any atom is -0.444 e. The third kappa shape index (κ3) is 5.06. The highest BCUT2D eigenvalue weighted by Crippen LogP contribution is 2.20. The third-order valence-electron chi connectivity index (χ3n) is 3.07. The number of nitrogens with two attached hydrogens (primary N) is 1. The highest BCUT2D eigenvalue weighted by Gasteiger charge is 2.30. The van der Waals surface area contributed by atoms with Gasteiger partial charge in [0, 0.05) is 26.7 Å². The van der Waals surface area contributed by atoms with Crippen LogP contribution in [-0.2, 0) is 9.53 Å². The van der Waals surface area contributed by atoms with E-state index in [1.807, 2.05) is 20.8 Å². The van der Waals surface area contributed by atoms with Crippen molar-refractivity contribution in [3.63, 3.8) is 0 Å². The number of hydrogen-bond donors (Lipinski definition) is 1. The molecule has 0 aromatic rings. The summed E-state index contributed by atoms with van der Waals surface area (Å²) in [6.45, 7) is 7.54. The van der Waals surface area contributed by atoms with Crippen molar-refractivity contribution < 1.29 is 14.3 Å². The van der Waals surface area contributed by atoms with E-state index >= 15 is 0 Å². The van der Waals surface area contributed by atoms with Crippen LogP contribution in [0.4, 0.5) is 4.79 Å². The molecule has 1 aliphatic rings. The summed E-state index contributed by atoms with van der Waals surface area (Å²) in [5.41, 5.74) is 4.85. The zero-order valence-corrected chi connectivity index (χ0v) is 12.3. The molecular weight excluding hydrogens is 246 g/mol. The number of likely N-dealkylation sites (tertiary alicyclic amines) is 1. The molecule has 2 N–H and O–H groups in total. The van der Waals surface area contributed by atoms with Crippen molar-refractivity contribution in [2.45, 2.75) is 32.8 Å². The van der Waals surface area contributed by atoms with Crippen molar-refractivity contribution in [3.05, 3.63) is 0 Å². The van der Waals surface area contributed by atoms with E-state index in [0.717, 1.165) is 6.42 Å². The van der Waals surface area contributed by atoms with Gasteiger partial charge in [-0.25, -0.2) is 4.79 Å². The number of likely N-dealkylation sites (N-methyl/N-ethyl adjacent to an activating group) is 1. The number of hydrogen-bond acceptors (Lipinski definition) is 4. The number of rotatable bonds is 3. The Kier molecular flexibility index (Phi) is 5.17. The van der Waals surface area contributed by atoms with Crippen LogP contribution in [0.3, 0.4) is 0 Å². The molecule has 0 aromatic heterocycles. The molecule has 6 heteroatoms. The van der Waals surface area contributed by atoms with E-state index in [4.69, 9.17) is 10.5 Å². The van der Waals surface area contributed by atoms with Crippen molar-refractivity contribution in [1.82, 2.24) is 9.80 Å². The maximum Gasteiger partial charge on any atom is 0.410 e. The fourth-order valence-corrected chi connectivity index (χ4v) is 2.12. The topological polar surface area (TPSA) is 75.9 Å². The van der Waals surface area contributed by atoms with E-state index in [1.54, 1.807) is 16.8 Å². The minimum atomic E-state index is -0.471. The van der Waals surface area contributed by atoms with Crippen molar-refractivity contribution >= 4 is 12.0 Å². The summed E-state index contributed by atoms with van der Waals surface area (Å²) in [5.74, 6) is 0.226. The molecule has 1 heterocycles. The highest BCUT2D eigenvalue weighted by atomic mass is 16.6. The molecule has 0 radical (unpaired) electrons. The lowest BCUT2D eigenvalue weighted by atomic mass is 10.1. The zero-order valence-electron chi connectivity index (χ0n) is 12.3. The molecule has 2 amide bonds. The first kappa shape index (κ1) is 15.8. The van der Waals surface area contributed by atoms with Crippen LogP contribution >= 0.6 is 0 Å². The maximum atomic E-state index is 11.9. The minimum absolute atomic E-state index is 0.0268. The normalized spacial score (nSPS) is 19.4. The van der Waals surface area contributed by atoms with Gasteiger partial charge in [0.25, 0.3) is 0 Å². The fraction of sp³-hybridized carbons (Fsp3) is 0.846. The molecule has 0 bridgehead atoms. The van der Waals surface area contributed by atoms with E-state index < -0.39 is 5.60 Å². The lowest BCUT2D eigenvalue weighted by molar-refractivity contribution is -0.128. The lowest BCUT2D eigenvalue weighted by Crippen LogP contribution is -2.38. The first-order chi connectivity index (χ1) is 8.73. The molecule has 0 spiro atoms. The molecule has 110 valence electrons. The van der Waals surface area contributed by atoms with Crippen LogP contribution in [0, 0.1) is 5.92 Å². The monoisotopic (exact) mass is 271 g/mol. The van der Waals surface area contributed by atoms with E-state index in [9.17, 15) is 9.59 Å². The Morgan fingerprint density at radius 3 is 2.58 bits per heavy atom. The predicted molar refractivity (Wildman–Crippen MR) is 72.6 cm³/mol. The summed E-state index contributed by atoms with van der Waals surface area (Å²) in [4.78, 5) is 26.6. The second-order valence-electron chi connectivity index (χ2n) is 6.06. The van der Waals surface area contributed by atoms with Gasteiger partial charge in [-0.3, -0.25) is 4.79 Å². The Labute approximate surface area is 114 Å². The molecule has 0 aromatic carbocycles. The average Bonchev–Trinajstić information content (AvgIpc) is 2.74. The Hall–Kier alpha value is -1.30. The Bertz CT molecular complexity index is 339. The fourth-order valence-electron chi connectivity index (χ4n) is 2.12. The third-order valence-corrected chi connectivity index (χ3v) is 3.07. The van der Waals surface area contributed by atoms with Crippen molar-refractivity contribution in [3.8, 4) is 0 Å². The smallest absolute Gasteiger partial charge is 0.410 e. The van der Waals surface area contributed by atoms with Crippen LogP contribution in [0.15, 0.2) is 0 Å². The van der Waals surface area contributed by atoms with Crippen LogP contribution < -0.4 is 5.73 Å². The molecule has 0 saturated carbocycles. The molecule has 1 rings (SSSR count). The molecule has 0 unspecified atom stereocenters. The van der Waals surface area contributed by atoms with Crippen molar-refractivity contribution in [1.29, 1.82) is 0 Å². The van der Waals surface area contributed by atoms with E-state index in [0.29, 0.717) is 25.6 Å². The molecule has 1 atom stereocenters. The molecule has 1 fully saturated rings. The van der Waals surface area contributed by atoms with Gasteiger partial charge < -0.3 is 20.3 Å². The van der Waals surface area contributed by atoms with Crippen LogP contribution in [-0.4, -0.2) is 60.6 Å². The summed E-state index contributed by atoms with van der Waals surface area (Å²) in [6, 6.07) is 0. The number of carbonyl (C=O) groups is 2.